The summed E-state index contributed by atoms with van der Waals surface area (Å²) in [6.45, 7) is 2.11. The third-order valence-electron chi connectivity index (χ3n) is 3.62. The van der Waals surface area contributed by atoms with Gasteiger partial charge >= 0.3 is 0 Å². The van der Waals surface area contributed by atoms with E-state index in [0.29, 0.717) is 0 Å². The van der Waals surface area contributed by atoms with Gasteiger partial charge in [0.2, 0.25) is 0 Å². The van der Waals surface area contributed by atoms with Gasteiger partial charge in [-0.3, -0.25) is 5.32 Å². The summed E-state index contributed by atoms with van der Waals surface area (Å²) in [6, 6.07) is 14.3. The summed E-state index contributed by atoms with van der Waals surface area (Å²) in [5, 5.41) is 3.60. The summed E-state index contributed by atoms with van der Waals surface area (Å²) < 4.78 is 7.64. The molecule has 1 N–H and O–H groups in total. The molecule has 0 aliphatic heterocycles. The van der Waals surface area contributed by atoms with Crippen LogP contribution in [-0.4, -0.2) is 9.55 Å². The Bertz CT molecular complexity index is 673. The van der Waals surface area contributed by atoms with Crippen molar-refractivity contribution in [1.29, 1.82) is 0 Å². The van der Waals surface area contributed by atoms with Crippen LogP contribution in [0.15, 0.2) is 65.5 Å². The van der Waals surface area contributed by atoms with Crippen LogP contribution in [0.3, 0.4) is 0 Å². The molecule has 0 amide bonds. The van der Waals surface area contributed by atoms with Gasteiger partial charge in [0.15, 0.2) is 0 Å². The minimum absolute atomic E-state index is 0.00731. The van der Waals surface area contributed by atoms with Crippen molar-refractivity contribution < 1.29 is 4.42 Å². The van der Waals surface area contributed by atoms with E-state index in [-0.39, 0.29) is 12.1 Å². The molecule has 0 aliphatic rings. The Morgan fingerprint density at radius 3 is 2.57 bits per heavy atom. The second kappa shape index (κ2) is 5.97. The molecule has 0 saturated heterocycles. The molecule has 0 radical (unpaired) electrons. The molecule has 1 aromatic carbocycles. The summed E-state index contributed by atoms with van der Waals surface area (Å²) in [5.41, 5.74) is 1.17. The highest BCUT2D eigenvalue weighted by molar-refractivity contribution is 5.26. The fourth-order valence-electron chi connectivity index (χ4n) is 2.56. The molecule has 2 atom stereocenters. The van der Waals surface area contributed by atoms with Gasteiger partial charge in [-0.1, -0.05) is 30.3 Å². The number of nitrogens with one attached hydrogen (secondary N) is 1. The number of rotatable bonds is 5. The number of aryl methyl sites for hydroxylation is 1. The average Bonchev–Trinajstić information content (AvgIpc) is 3.17. The number of aromatic nitrogens is 2. The third kappa shape index (κ3) is 2.90. The Balaban J connectivity index is 1.89. The Morgan fingerprint density at radius 2 is 1.95 bits per heavy atom. The van der Waals surface area contributed by atoms with Crippen LogP contribution in [0.25, 0.3) is 0 Å². The maximum Gasteiger partial charge on any atom is 0.125 e. The molecule has 2 unspecified atom stereocenters. The summed E-state index contributed by atoms with van der Waals surface area (Å²) in [6.07, 6.45) is 5.48. The molecule has 2 aromatic heterocycles. The molecule has 2 heterocycles. The van der Waals surface area contributed by atoms with Gasteiger partial charge < -0.3 is 8.98 Å². The van der Waals surface area contributed by atoms with Crippen molar-refractivity contribution in [3.05, 3.63) is 78.3 Å². The van der Waals surface area contributed by atoms with Gasteiger partial charge in [-0.25, -0.2) is 4.98 Å². The van der Waals surface area contributed by atoms with Crippen LogP contribution in [0.5, 0.6) is 0 Å². The molecule has 4 nitrogen and oxygen atoms in total. The fourth-order valence-corrected chi connectivity index (χ4v) is 2.56. The number of benzene rings is 1. The predicted octanol–water partition coefficient (Wildman–Crippen LogP) is 3.45. The molecular formula is C17H19N3O. The first-order valence-electron chi connectivity index (χ1n) is 7.07. The Kier molecular flexibility index (Phi) is 3.88. The minimum Gasteiger partial charge on any atom is -0.467 e. The van der Waals surface area contributed by atoms with E-state index in [0.717, 1.165) is 11.6 Å². The van der Waals surface area contributed by atoms with Crippen LogP contribution in [0, 0.1) is 0 Å². The zero-order chi connectivity index (χ0) is 14.7. The van der Waals surface area contributed by atoms with Crippen molar-refractivity contribution in [2.24, 2.45) is 7.05 Å². The van der Waals surface area contributed by atoms with Gasteiger partial charge in [0.25, 0.3) is 0 Å². The Morgan fingerprint density at radius 1 is 1.14 bits per heavy atom. The second-order valence-corrected chi connectivity index (χ2v) is 5.14. The summed E-state index contributed by atoms with van der Waals surface area (Å²) >= 11 is 0. The number of furan rings is 1. The maximum atomic E-state index is 5.61. The van der Waals surface area contributed by atoms with Crippen molar-refractivity contribution >= 4 is 0 Å². The molecule has 4 heteroatoms. The van der Waals surface area contributed by atoms with Crippen molar-refractivity contribution in [3.8, 4) is 0 Å². The second-order valence-electron chi connectivity index (χ2n) is 5.14. The lowest BCUT2D eigenvalue weighted by Crippen LogP contribution is -2.27. The third-order valence-corrected chi connectivity index (χ3v) is 3.62. The zero-order valence-electron chi connectivity index (χ0n) is 12.2. The van der Waals surface area contributed by atoms with Crippen LogP contribution in [0.1, 0.15) is 36.2 Å². The van der Waals surface area contributed by atoms with Crippen LogP contribution in [0.4, 0.5) is 0 Å². The highest BCUT2D eigenvalue weighted by Crippen LogP contribution is 2.25. The van der Waals surface area contributed by atoms with E-state index in [9.17, 15) is 0 Å². The number of nitrogens with zero attached hydrogens (tertiary/aromatic N) is 2. The van der Waals surface area contributed by atoms with E-state index < -0.39 is 0 Å². The molecule has 3 rings (SSSR count). The number of hydrogen-bond donors (Lipinski definition) is 1. The van der Waals surface area contributed by atoms with Gasteiger partial charge in [0.05, 0.1) is 18.3 Å². The average molecular weight is 281 g/mol. The van der Waals surface area contributed by atoms with Crippen LogP contribution >= 0.6 is 0 Å². The van der Waals surface area contributed by atoms with Crippen molar-refractivity contribution in [2.45, 2.75) is 19.0 Å². The van der Waals surface area contributed by atoms with Crippen LogP contribution < -0.4 is 5.32 Å². The van der Waals surface area contributed by atoms with Crippen molar-refractivity contribution in [2.75, 3.05) is 0 Å². The van der Waals surface area contributed by atoms with Gasteiger partial charge in [-0.2, -0.15) is 0 Å². The van der Waals surface area contributed by atoms with Gasteiger partial charge in [-0.05, 0) is 24.6 Å². The Hall–Kier alpha value is -2.33. The van der Waals surface area contributed by atoms with Gasteiger partial charge in [-0.15, -0.1) is 0 Å². The largest absolute Gasteiger partial charge is 0.467 e. The van der Waals surface area contributed by atoms with E-state index in [1.807, 2.05) is 54.3 Å². The van der Waals surface area contributed by atoms with Gasteiger partial charge in [0, 0.05) is 19.4 Å². The first-order chi connectivity index (χ1) is 10.3. The SMILES string of the molecule is CC(NC(c1ccccc1)c1ccco1)c1nccn1C. The van der Waals surface area contributed by atoms with Crippen molar-refractivity contribution in [1.82, 2.24) is 14.9 Å². The highest BCUT2D eigenvalue weighted by atomic mass is 16.3. The summed E-state index contributed by atoms with van der Waals surface area (Å²) in [4.78, 5) is 4.41. The summed E-state index contributed by atoms with van der Waals surface area (Å²) in [7, 11) is 2.00. The first-order valence-corrected chi connectivity index (χ1v) is 7.07. The Labute approximate surface area is 124 Å². The van der Waals surface area contributed by atoms with Gasteiger partial charge in [0.1, 0.15) is 11.6 Å². The first kappa shape index (κ1) is 13.6. The van der Waals surface area contributed by atoms with Crippen LogP contribution in [-0.2, 0) is 7.05 Å². The smallest absolute Gasteiger partial charge is 0.125 e. The topological polar surface area (TPSA) is 43.0 Å². The monoisotopic (exact) mass is 281 g/mol. The highest BCUT2D eigenvalue weighted by Gasteiger charge is 2.21. The lowest BCUT2D eigenvalue weighted by molar-refractivity contribution is 0.408. The molecule has 21 heavy (non-hydrogen) atoms. The van der Waals surface area contributed by atoms with Crippen molar-refractivity contribution in [3.63, 3.8) is 0 Å². The normalized spacial score (nSPS) is 14.0. The quantitative estimate of drug-likeness (QED) is 0.779. The molecule has 0 saturated carbocycles. The molecule has 0 bridgehead atoms. The minimum atomic E-state index is 0.00731. The molecule has 0 fully saturated rings. The molecule has 0 spiro atoms. The van der Waals surface area contributed by atoms with E-state index >= 15 is 0 Å². The van der Waals surface area contributed by atoms with E-state index in [2.05, 4.69) is 29.4 Å². The van der Waals surface area contributed by atoms with Crippen LogP contribution in [0.2, 0.25) is 0 Å². The number of hydrogen-bond acceptors (Lipinski definition) is 3. The lowest BCUT2D eigenvalue weighted by atomic mass is 10.0. The van der Waals surface area contributed by atoms with E-state index in [4.69, 9.17) is 4.42 Å². The van der Waals surface area contributed by atoms with E-state index in [1.54, 1.807) is 6.26 Å². The fraction of sp³-hybridized carbons (Fsp3) is 0.235. The standard InChI is InChI=1S/C17H19N3O/c1-13(17-18-10-11-20(17)2)19-16(15-9-6-12-21-15)14-7-4-3-5-8-14/h3-13,16,19H,1-2H3. The number of imidazole rings is 1. The molecule has 0 aliphatic carbocycles. The summed E-state index contributed by atoms with van der Waals surface area (Å²) in [5.74, 6) is 1.91. The lowest BCUT2D eigenvalue weighted by Gasteiger charge is -2.22. The molecule has 108 valence electrons. The zero-order valence-corrected chi connectivity index (χ0v) is 12.2. The predicted molar refractivity (Wildman–Crippen MR) is 81.8 cm³/mol. The molecular weight excluding hydrogens is 262 g/mol. The molecule has 3 aromatic rings. The maximum absolute atomic E-state index is 5.61. The van der Waals surface area contributed by atoms with E-state index in [1.165, 1.54) is 5.56 Å².